The van der Waals surface area contributed by atoms with E-state index in [2.05, 4.69) is 21.2 Å². The van der Waals surface area contributed by atoms with E-state index in [0.717, 1.165) is 11.3 Å². The van der Waals surface area contributed by atoms with Gasteiger partial charge >= 0.3 is 0 Å². The molecule has 5 heteroatoms. The van der Waals surface area contributed by atoms with E-state index in [1.54, 1.807) is 24.3 Å². The molecular formula is C20H20BrNO3. The Morgan fingerprint density at radius 3 is 2.52 bits per heavy atom. The maximum absolute atomic E-state index is 12.5. The summed E-state index contributed by atoms with van der Waals surface area (Å²) in [5.74, 6) is 0.442. The lowest BCUT2D eigenvalue weighted by Crippen LogP contribution is -2.15. The van der Waals surface area contributed by atoms with E-state index in [-0.39, 0.29) is 16.8 Å². The normalized spacial score (nSPS) is 10.7. The smallest absolute Gasteiger partial charge is 0.212 e. The molecule has 130 valence electrons. The van der Waals surface area contributed by atoms with E-state index < -0.39 is 0 Å². The number of nitrogens with one attached hydrogen (secondary N) is 1. The Hall–Kier alpha value is -2.40. The van der Waals surface area contributed by atoms with Gasteiger partial charge in [-0.3, -0.25) is 9.59 Å². The molecule has 0 atom stereocenters. The fourth-order valence-corrected chi connectivity index (χ4v) is 2.61. The highest BCUT2D eigenvalue weighted by Gasteiger charge is 2.10. The highest BCUT2D eigenvalue weighted by Crippen LogP contribution is 2.15. The lowest BCUT2D eigenvalue weighted by molar-refractivity contribution is 0.104. The first-order valence-corrected chi connectivity index (χ1v) is 8.87. The van der Waals surface area contributed by atoms with Crippen molar-refractivity contribution in [2.45, 2.75) is 13.8 Å². The largest absolute Gasteiger partial charge is 0.494 e. The number of carbonyl (C=O) groups excluding carboxylic acids is 1. The van der Waals surface area contributed by atoms with Gasteiger partial charge in [-0.2, -0.15) is 0 Å². The van der Waals surface area contributed by atoms with Crippen LogP contribution >= 0.6 is 15.9 Å². The molecule has 1 N–H and O–H groups in total. The standard InChI is InChI=1S/C20H20BrNO3/c1-3-22-18-11-8-15(21)13-17(20(18)24)19(23)12-7-14-5-9-16(10-6-14)25-4-2/h5-13H,3-4H2,1-2H3,(H,22,24). The summed E-state index contributed by atoms with van der Waals surface area (Å²) in [6.07, 6.45) is 3.10. The lowest BCUT2D eigenvalue weighted by Gasteiger charge is -2.02. The van der Waals surface area contributed by atoms with Crippen molar-refractivity contribution in [3.8, 4) is 5.75 Å². The molecule has 0 aromatic heterocycles. The van der Waals surface area contributed by atoms with Crippen LogP contribution in [0.5, 0.6) is 5.75 Å². The minimum atomic E-state index is -0.338. The first-order chi connectivity index (χ1) is 12.0. The van der Waals surface area contributed by atoms with Crippen LogP contribution in [-0.2, 0) is 0 Å². The van der Waals surface area contributed by atoms with Crippen LogP contribution in [0.4, 0.5) is 5.69 Å². The summed E-state index contributed by atoms with van der Waals surface area (Å²) in [6.45, 7) is 5.03. The van der Waals surface area contributed by atoms with Gasteiger partial charge in [-0.1, -0.05) is 34.1 Å². The summed E-state index contributed by atoms with van der Waals surface area (Å²) in [5, 5.41) is 2.99. The summed E-state index contributed by atoms with van der Waals surface area (Å²) in [7, 11) is 0. The minimum Gasteiger partial charge on any atom is -0.494 e. The summed E-state index contributed by atoms with van der Waals surface area (Å²) >= 11 is 3.34. The Kier molecular flexibility index (Phi) is 6.95. The molecule has 0 amide bonds. The highest BCUT2D eigenvalue weighted by molar-refractivity contribution is 9.10. The number of benzene rings is 1. The first kappa shape index (κ1) is 18.9. The van der Waals surface area contributed by atoms with Crippen molar-refractivity contribution in [3.63, 3.8) is 0 Å². The van der Waals surface area contributed by atoms with Gasteiger partial charge in [-0.25, -0.2) is 0 Å². The molecule has 0 saturated heterocycles. The van der Waals surface area contributed by atoms with Gasteiger partial charge in [0.1, 0.15) is 5.75 Å². The van der Waals surface area contributed by atoms with Crippen molar-refractivity contribution in [3.05, 3.63) is 74.4 Å². The molecular weight excluding hydrogens is 382 g/mol. The van der Waals surface area contributed by atoms with Gasteiger partial charge in [0.2, 0.25) is 5.43 Å². The molecule has 0 aliphatic rings. The Balaban J connectivity index is 2.28. The molecule has 2 aromatic carbocycles. The van der Waals surface area contributed by atoms with Crippen LogP contribution in [0.2, 0.25) is 0 Å². The van der Waals surface area contributed by atoms with Crippen molar-refractivity contribution in [2.24, 2.45) is 0 Å². The molecule has 0 bridgehead atoms. The van der Waals surface area contributed by atoms with Gasteiger partial charge in [-0.05, 0) is 55.8 Å². The van der Waals surface area contributed by atoms with Gasteiger partial charge in [0.05, 0.1) is 17.9 Å². The second kappa shape index (κ2) is 9.18. The summed E-state index contributed by atoms with van der Waals surface area (Å²) in [6, 6.07) is 12.4. The highest BCUT2D eigenvalue weighted by atomic mass is 79.9. The van der Waals surface area contributed by atoms with Crippen LogP contribution in [0.15, 0.2) is 57.8 Å². The van der Waals surface area contributed by atoms with Crippen molar-refractivity contribution in [1.29, 1.82) is 0 Å². The second-order valence-electron chi connectivity index (χ2n) is 5.25. The fraction of sp³-hybridized carbons (Fsp3) is 0.200. The predicted octanol–water partition coefficient (Wildman–Crippen LogP) is 4.54. The third kappa shape index (κ3) is 5.29. The van der Waals surface area contributed by atoms with Crippen molar-refractivity contribution < 1.29 is 9.53 Å². The summed E-state index contributed by atoms with van der Waals surface area (Å²) < 4.78 is 6.06. The SMILES string of the molecule is CCNc1ccc(Br)cc(C(=O)C=Cc2ccc(OCC)cc2)c1=O. The number of ether oxygens (including phenoxy) is 1. The number of ketones is 1. The Bertz CT molecular complexity index is 829. The van der Waals surface area contributed by atoms with Crippen LogP contribution < -0.4 is 15.5 Å². The van der Waals surface area contributed by atoms with Gasteiger partial charge < -0.3 is 10.1 Å². The maximum Gasteiger partial charge on any atom is 0.212 e. The van der Waals surface area contributed by atoms with E-state index >= 15 is 0 Å². The number of hydrogen-bond donors (Lipinski definition) is 1. The topological polar surface area (TPSA) is 55.4 Å². The summed E-state index contributed by atoms with van der Waals surface area (Å²) in [5.41, 5.74) is 1.07. The number of carbonyl (C=O) groups is 1. The van der Waals surface area contributed by atoms with E-state index in [4.69, 9.17) is 4.74 Å². The van der Waals surface area contributed by atoms with E-state index in [1.807, 2.05) is 38.1 Å². The van der Waals surface area contributed by atoms with E-state index in [0.29, 0.717) is 23.3 Å². The van der Waals surface area contributed by atoms with Crippen LogP contribution in [0, 0.1) is 0 Å². The third-order valence-electron chi connectivity index (χ3n) is 3.43. The molecule has 0 radical (unpaired) electrons. The van der Waals surface area contributed by atoms with Gasteiger partial charge in [0.25, 0.3) is 0 Å². The number of allylic oxidation sites excluding steroid dienone is 1. The molecule has 2 rings (SSSR count). The second-order valence-corrected chi connectivity index (χ2v) is 6.16. The zero-order valence-corrected chi connectivity index (χ0v) is 15.8. The van der Waals surface area contributed by atoms with Crippen molar-refractivity contribution in [1.82, 2.24) is 0 Å². The molecule has 0 fully saturated rings. The predicted molar refractivity (Wildman–Crippen MR) is 106 cm³/mol. The van der Waals surface area contributed by atoms with Crippen LogP contribution in [0.1, 0.15) is 29.8 Å². The number of hydrogen-bond acceptors (Lipinski definition) is 4. The van der Waals surface area contributed by atoms with E-state index in [1.165, 1.54) is 6.08 Å². The zero-order valence-electron chi connectivity index (χ0n) is 14.2. The Labute approximate surface area is 155 Å². The first-order valence-electron chi connectivity index (χ1n) is 8.08. The monoisotopic (exact) mass is 401 g/mol. The minimum absolute atomic E-state index is 0.120. The lowest BCUT2D eigenvalue weighted by atomic mass is 10.1. The average molecular weight is 402 g/mol. The molecule has 0 aliphatic heterocycles. The number of anilines is 1. The quantitative estimate of drug-likeness (QED) is 0.546. The van der Waals surface area contributed by atoms with Crippen molar-refractivity contribution >= 4 is 33.5 Å². The molecule has 4 nitrogen and oxygen atoms in total. The Morgan fingerprint density at radius 1 is 1.16 bits per heavy atom. The molecule has 0 aliphatic carbocycles. The van der Waals surface area contributed by atoms with E-state index in [9.17, 15) is 9.59 Å². The fourth-order valence-electron chi connectivity index (χ4n) is 2.25. The van der Waals surface area contributed by atoms with Crippen molar-refractivity contribution in [2.75, 3.05) is 18.5 Å². The maximum atomic E-state index is 12.5. The number of rotatable bonds is 7. The van der Waals surface area contributed by atoms with Crippen LogP contribution in [0.25, 0.3) is 6.08 Å². The van der Waals surface area contributed by atoms with Crippen LogP contribution in [0.3, 0.4) is 0 Å². The Morgan fingerprint density at radius 2 is 1.88 bits per heavy atom. The van der Waals surface area contributed by atoms with Gasteiger partial charge in [0, 0.05) is 11.0 Å². The van der Waals surface area contributed by atoms with Gasteiger partial charge in [0.15, 0.2) is 5.78 Å². The molecule has 0 heterocycles. The zero-order chi connectivity index (χ0) is 18.2. The molecule has 0 unspecified atom stereocenters. The third-order valence-corrected chi connectivity index (χ3v) is 3.92. The van der Waals surface area contributed by atoms with Gasteiger partial charge in [-0.15, -0.1) is 0 Å². The molecule has 25 heavy (non-hydrogen) atoms. The molecule has 0 saturated carbocycles. The molecule has 2 aromatic rings. The summed E-state index contributed by atoms with van der Waals surface area (Å²) in [4.78, 5) is 25.0. The van der Waals surface area contributed by atoms with Crippen LogP contribution in [-0.4, -0.2) is 18.9 Å². The molecule has 0 spiro atoms. The number of halogens is 1. The average Bonchev–Trinajstić information content (AvgIpc) is 2.75.